The van der Waals surface area contributed by atoms with Crippen molar-refractivity contribution in [2.24, 2.45) is 5.92 Å². The number of aliphatic hydroxyl groups is 1. The SMILES string of the molecule is CC(C)CC(O)CNC(=O)COc1cccc([N+](=O)[O-])c1. The molecule has 1 unspecified atom stereocenters. The van der Waals surface area contributed by atoms with Gasteiger partial charge in [-0.15, -0.1) is 0 Å². The summed E-state index contributed by atoms with van der Waals surface area (Å²) in [7, 11) is 0. The lowest BCUT2D eigenvalue weighted by molar-refractivity contribution is -0.384. The van der Waals surface area contributed by atoms with Gasteiger partial charge in [-0.05, 0) is 18.4 Å². The third-order valence-corrected chi connectivity index (χ3v) is 2.68. The van der Waals surface area contributed by atoms with Crippen LogP contribution in [0.3, 0.4) is 0 Å². The van der Waals surface area contributed by atoms with Crippen LogP contribution in [0, 0.1) is 16.0 Å². The van der Waals surface area contributed by atoms with E-state index in [0.717, 1.165) is 0 Å². The predicted molar refractivity (Wildman–Crippen MR) is 77.1 cm³/mol. The molecule has 0 radical (unpaired) electrons. The van der Waals surface area contributed by atoms with Crippen LogP contribution in [0.4, 0.5) is 5.69 Å². The summed E-state index contributed by atoms with van der Waals surface area (Å²) in [6.45, 7) is 3.87. The van der Waals surface area contributed by atoms with E-state index in [2.05, 4.69) is 5.32 Å². The third kappa shape index (κ3) is 6.71. The van der Waals surface area contributed by atoms with Gasteiger partial charge in [0.05, 0.1) is 17.1 Å². The average molecular weight is 296 g/mol. The number of ether oxygens (including phenoxy) is 1. The van der Waals surface area contributed by atoms with Crippen LogP contribution in [0.2, 0.25) is 0 Å². The minimum Gasteiger partial charge on any atom is -0.484 e. The van der Waals surface area contributed by atoms with E-state index in [4.69, 9.17) is 4.74 Å². The highest BCUT2D eigenvalue weighted by Gasteiger charge is 2.10. The quantitative estimate of drug-likeness (QED) is 0.559. The summed E-state index contributed by atoms with van der Waals surface area (Å²) < 4.78 is 5.17. The van der Waals surface area contributed by atoms with E-state index in [9.17, 15) is 20.0 Å². The van der Waals surface area contributed by atoms with Gasteiger partial charge in [0, 0.05) is 12.6 Å². The van der Waals surface area contributed by atoms with Gasteiger partial charge in [-0.2, -0.15) is 0 Å². The Balaban J connectivity index is 2.36. The smallest absolute Gasteiger partial charge is 0.273 e. The molecule has 116 valence electrons. The number of hydrogen-bond donors (Lipinski definition) is 2. The second kappa shape index (κ2) is 8.21. The van der Waals surface area contributed by atoms with Crippen LogP contribution in [0.25, 0.3) is 0 Å². The van der Waals surface area contributed by atoms with E-state index in [1.54, 1.807) is 0 Å². The fourth-order valence-corrected chi connectivity index (χ4v) is 1.75. The number of hydrogen-bond acceptors (Lipinski definition) is 5. The van der Waals surface area contributed by atoms with Crippen LogP contribution in [-0.2, 0) is 4.79 Å². The lowest BCUT2D eigenvalue weighted by Gasteiger charge is -2.14. The molecule has 1 rings (SSSR count). The maximum atomic E-state index is 11.5. The molecule has 1 aromatic rings. The number of non-ortho nitro benzene ring substituents is 1. The topological polar surface area (TPSA) is 102 Å². The monoisotopic (exact) mass is 296 g/mol. The van der Waals surface area contributed by atoms with Gasteiger partial charge in [0.1, 0.15) is 5.75 Å². The highest BCUT2D eigenvalue weighted by molar-refractivity contribution is 5.77. The molecule has 0 heterocycles. The van der Waals surface area contributed by atoms with Gasteiger partial charge in [0.2, 0.25) is 0 Å². The highest BCUT2D eigenvalue weighted by Crippen LogP contribution is 2.18. The molecule has 2 N–H and O–H groups in total. The first-order chi connectivity index (χ1) is 9.88. The Morgan fingerprint density at radius 1 is 1.48 bits per heavy atom. The van der Waals surface area contributed by atoms with Crippen molar-refractivity contribution in [3.63, 3.8) is 0 Å². The first-order valence-corrected chi connectivity index (χ1v) is 6.70. The molecule has 0 saturated heterocycles. The summed E-state index contributed by atoms with van der Waals surface area (Å²) in [5.74, 6) is 0.212. The molecule has 1 amide bonds. The number of amides is 1. The summed E-state index contributed by atoms with van der Waals surface area (Å²) in [5, 5.41) is 22.8. The van der Waals surface area contributed by atoms with Crippen LogP contribution in [0.5, 0.6) is 5.75 Å². The number of rotatable bonds is 8. The zero-order valence-corrected chi connectivity index (χ0v) is 12.1. The molecule has 0 aliphatic heterocycles. The second-order valence-corrected chi connectivity index (χ2v) is 5.13. The largest absolute Gasteiger partial charge is 0.484 e. The van der Waals surface area contributed by atoms with Gasteiger partial charge in [0.25, 0.3) is 11.6 Å². The van der Waals surface area contributed by atoms with E-state index >= 15 is 0 Å². The van der Waals surface area contributed by atoms with Crippen LogP contribution in [0.1, 0.15) is 20.3 Å². The Bertz CT molecular complexity index is 490. The van der Waals surface area contributed by atoms with E-state index in [1.807, 2.05) is 13.8 Å². The van der Waals surface area contributed by atoms with Crippen molar-refractivity contribution >= 4 is 11.6 Å². The number of carbonyl (C=O) groups excluding carboxylic acids is 1. The maximum Gasteiger partial charge on any atom is 0.273 e. The second-order valence-electron chi connectivity index (χ2n) is 5.13. The minimum atomic E-state index is -0.591. The lowest BCUT2D eigenvalue weighted by Crippen LogP contribution is -2.35. The van der Waals surface area contributed by atoms with Crippen LogP contribution in [-0.4, -0.2) is 35.2 Å². The number of nitro groups is 1. The summed E-state index contributed by atoms with van der Waals surface area (Å²) in [6.07, 6.45) is 0.0122. The molecule has 1 atom stereocenters. The molecular formula is C14H20N2O5. The van der Waals surface area contributed by atoms with E-state index in [0.29, 0.717) is 12.3 Å². The zero-order chi connectivity index (χ0) is 15.8. The van der Waals surface area contributed by atoms with Crippen molar-refractivity contribution in [1.29, 1.82) is 0 Å². The number of nitrogens with one attached hydrogen (secondary N) is 1. The molecule has 0 aliphatic carbocycles. The van der Waals surface area contributed by atoms with Gasteiger partial charge in [-0.25, -0.2) is 0 Å². The van der Waals surface area contributed by atoms with Crippen molar-refractivity contribution in [2.45, 2.75) is 26.4 Å². The standard InChI is InChI=1S/C14H20N2O5/c1-10(2)6-12(17)8-15-14(18)9-21-13-5-3-4-11(7-13)16(19)20/h3-5,7,10,12,17H,6,8-9H2,1-2H3,(H,15,18). The Kier molecular flexibility index (Phi) is 6.61. The molecule has 0 aromatic heterocycles. The molecule has 21 heavy (non-hydrogen) atoms. The van der Waals surface area contributed by atoms with Gasteiger partial charge in [-0.1, -0.05) is 19.9 Å². The van der Waals surface area contributed by atoms with Crippen molar-refractivity contribution in [2.75, 3.05) is 13.2 Å². The highest BCUT2D eigenvalue weighted by atomic mass is 16.6. The molecule has 7 nitrogen and oxygen atoms in total. The van der Waals surface area contributed by atoms with Crippen molar-refractivity contribution in [3.8, 4) is 5.75 Å². The lowest BCUT2D eigenvalue weighted by atomic mass is 10.1. The number of carbonyl (C=O) groups is 1. The normalized spacial score (nSPS) is 12.0. The zero-order valence-electron chi connectivity index (χ0n) is 12.1. The van der Waals surface area contributed by atoms with Crippen molar-refractivity contribution in [3.05, 3.63) is 34.4 Å². The summed E-state index contributed by atoms with van der Waals surface area (Å²) in [6, 6.07) is 5.61. The Hall–Kier alpha value is -2.15. The molecule has 0 bridgehead atoms. The molecule has 7 heteroatoms. The van der Waals surface area contributed by atoms with Crippen LogP contribution < -0.4 is 10.1 Å². The fourth-order valence-electron chi connectivity index (χ4n) is 1.75. The first-order valence-electron chi connectivity index (χ1n) is 6.70. The molecule has 1 aromatic carbocycles. The molecule has 0 fully saturated rings. The van der Waals surface area contributed by atoms with E-state index in [-0.39, 0.29) is 30.5 Å². The number of aliphatic hydroxyl groups excluding tert-OH is 1. The first kappa shape index (κ1) is 16.9. The van der Waals surface area contributed by atoms with Crippen LogP contribution >= 0.6 is 0 Å². The van der Waals surface area contributed by atoms with Gasteiger partial charge >= 0.3 is 0 Å². The molecule has 0 saturated carbocycles. The van der Waals surface area contributed by atoms with Crippen LogP contribution in [0.15, 0.2) is 24.3 Å². The predicted octanol–water partition coefficient (Wildman–Crippen LogP) is 1.50. The Morgan fingerprint density at radius 3 is 2.81 bits per heavy atom. The summed E-state index contributed by atoms with van der Waals surface area (Å²) in [4.78, 5) is 21.6. The number of nitro benzene ring substituents is 1. The Labute approximate surface area is 123 Å². The maximum absolute atomic E-state index is 11.5. The van der Waals surface area contributed by atoms with E-state index < -0.39 is 11.0 Å². The van der Waals surface area contributed by atoms with Crippen molar-refractivity contribution < 1.29 is 19.6 Å². The molecule has 0 aliphatic rings. The van der Waals surface area contributed by atoms with Crippen molar-refractivity contribution in [1.82, 2.24) is 5.32 Å². The van der Waals surface area contributed by atoms with Gasteiger partial charge in [0.15, 0.2) is 6.61 Å². The minimum absolute atomic E-state index is 0.0970. The Morgan fingerprint density at radius 2 is 2.19 bits per heavy atom. The number of benzene rings is 1. The van der Waals surface area contributed by atoms with E-state index in [1.165, 1.54) is 24.3 Å². The molecule has 0 spiro atoms. The summed E-state index contributed by atoms with van der Waals surface area (Å²) >= 11 is 0. The van der Waals surface area contributed by atoms with Gasteiger partial charge in [-0.3, -0.25) is 14.9 Å². The number of nitrogens with zero attached hydrogens (tertiary/aromatic N) is 1. The summed E-state index contributed by atoms with van der Waals surface area (Å²) in [5.41, 5.74) is -0.0970. The van der Waals surface area contributed by atoms with Gasteiger partial charge < -0.3 is 15.2 Å². The third-order valence-electron chi connectivity index (χ3n) is 2.68. The molecular weight excluding hydrogens is 276 g/mol. The average Bonchev–Trinajstić information content (AvgIpc) is 2.42. The fraction of sp³-hybridized carbons (Fsp3) is 0.500.